The summed E-state index contributed by atoms with van der Waals surface area (Å²) < 4.78 is 5.02. The van der Waals surface area contributed by atoms with E-state index in [-0.39, 0.29) is 0 Å². The van der Waals surface area contributed by atoms with Gasteiger partial charge in [0, 0.05) is 32.7 Å². The van der Waals surface area contributed by atoms with Crippen molar-refractivity contribution in [1.29, 1.82) is 0 Å². The SMILES string of the molecule is CCC1CCCC(NCC(C)(O)CCOC)C1. The molecule has 0 aromatic heterocycles. The Labute approximate surface area is 106 Å². The van der Waals surface area contributed by atoms with Gasteiger partial charge in [-0.2, -0.15) is 0 Å². The molecule has 0 bridgehead atoms. The third-order valence-electron chi connectivity index (χ3n) is 3.98. The van der Waals surface area contributed by atoms with E-state index in [0.29, 0.717) is 25.6 Å². The van der Waals surface area contributed by atoms with E-state index in [9.17, 15) is 5.11 Å². The Bertz CT molecular complexity index is 206. The van der Waals surface area contributed by atoms with E-state index in [1.807, 2.05) is 6.92 Å². The lowest BCUT2D eigenvalue weighted by atomic mass is 9.84. The van der Waals surface area contributed by atoms with Crippen molar-refractivity contribution in [3.05, 3.63) is 0 Å². The van der Waals surface area contributed by atoms with Crippen LogP contribution in [0.5, 0.6) is 0 Å². The maximum absolute atomic E-state index is 10.2. The van der Waals surface area contributed by atoms with Gasteiger partial charge in [-0.05, 0) is 25.7 Å². The summed E-state index contributed by atoms with van der Waals surface area (Å²) in [6.45, 7) is 5.47. The highest BCUT2D eigenvalue weighted by atomic mass is 16.5. The summed E-state index contributed by atoms with van der Waals surface area (Å²) in [5.41, 5.74) is -0.644. The quantitative estimate of drug-likeness (QED) is 0.721. The summed E-state index contributed by atoms with van der Waals surface area (Å²) in [7, 11) is 1.68. The Morgan fingerprint density at radius 3 is 2.82 bits per heavy atom. The van der Waals surface area contributed by atoms with Crippen LogP contribution in [0.25, 0.3) is 0 Å². The predicted octanol–water partition coefficient (Wildman–Crippen LogP) is 2.33. The fraction of sp³-hybridized carbons (Fsp3) is 1.00. The molecule has 1 fully saturated rings. The van der Waals surface area contributed by atoms with Crippen LogP contribution in [0.4, 0.5) is 0 Å². The van der Waals surface area contributed by atoms with Gasteiger partial charge in [-0.15, -0.1) is 0 Å². The maximum Gasteiger partial charge on any atom is 0.0765 e. The molecular weight excluding hydrogens is 214 g/mol. The number of nitrogens with one attached hydrogen (secondary N) is 1. The molecule has 0 aliphatic heterocycles. The van der Waals surface area contributed by atoms with Gasteiger partial charge in [0.2, 0.25) is 0 Å². The molecule has 102 valence electrons. The third-order valence-corrected chi connectivity index (χ3v) is 3.98. The molecule has 0 radical (unpaired) electrons. The molecule has 17 heavy (non-hydrogen) atoms. The largest absolute Gasteiger partial charge is 0.389 e. The van der Waals surface area contributed by atoms with Gasteiger partial charge >= 0.3 is 0 Å². The highest BCUT2D eigenvalue weighted by Gasteiger charge is 2.24. The molecule has 1 aliphatic carbocycles. The zero-order valence-corrected chi connectivity index (χ0v) is 11.7. The van der Waals surface area contributed by atoms with Crippen LogP contribution in [-0.2, 0) is 4.74 Å². The normalized spacial score (nSPS) is 28.9. The second-order valence-electron chi connectivity index (χ2n) is 5.76. The minimum Gasteiger partial charge on any atom is -0.389 e. The van der Waals surface area contributed by atoms with Crippen molar-refractivity contribution in [3.63, 3.8) is 0 Å². The molecule has 0 heterocycles. The second-order valence-corrected chi connectivity index (χ2v) is 5.76. The van der Waals surface area contributed by atoms with Crippen LogP contribution in [-0.4, -0.2) is 37.0 Å². The zero-order valence-electron chi connectivity index (χ0n) is 11.7. The highest BCUT2D eigenvalue weighted by molar-refractivity contribution is 4.82. The van der Waals surface area contributed by atoms with E-state index in [4.69, 9.17) is 4.74 Å². The molecule has 0 aromatic carbocycles. The fourth-order valence-electron chi connectivity index (χ4n) is 2.62. The monoisotopic (exact) mass is 243 g/mol. The van der Waals surface area contributed by atoms with Crippen LogP contribution >= 0.6 is 0 Å². The topological polar surface area (TPSA) is 41.5 Å². The number of aliphatic hydroxyl groups is 1. The lowest BCUT2D eigenvalue weighted by molar-refractivity contribution is 0.0210. The Kier molecular flexibility index (Phi) is 6.45. The first-order valence-corrected chi connectivity index (χ1v) is 7.02. The number of hydrogen-bond acceptors (Lipinski definition) is 3. The van der Waals surface area contributed by atoms with Crippen LogP contribution in [0.1, 0.15) is 52.4 Å². The Morgan fingerprint density at radius 1 is 1.41 bits per heavy atom. The summed E-state index contributed by atoms with van der Waals surface area (Å²) in [4.78, 5) is 0. The van der Waals surface area contributed by atoms with Gasteiger partial charge in [0.25, 0.3) is 0 Å². The van der Waals surface area contributed by atoms with Crippen molar-refractivity contribution >= 4 is 0 Å². The fourth-order valence-corrected chi connectivity index (χ4v) is 2.62. The van der Waals surface area contributed by atoms with Gasteiger partial charge in [0.1, 0.15) is 0 Å². The molecular formula is C14H29NO2. The molecule has 1 saturated carbocycles. The first-order valence-electron chi connectivity index (χ1n) is 7.02. The van der Waals surface area contributed by atoms with E-state index >= 15 is 0 Å². The maximum atomic E-state index is 10.2. The van der Waals surface area contributed by atoms with Gasteiger partial charge in [0.15, 0.2) is 0 Å². The van der Waals surface area contributed by atoms with Gasteiger partial charge < -0.3 is 15.2 Å². The predicted molar refractivity (Wildman–Crippen MR) is 71.2 cm³/mol. The van der Waals surface area contributed by atoms with E-state index in [0.717, 1.165) is 5.92 Å². The number of hydrogen-bond donors (Lipinski definition) is 2. The summed E-state index contributed by atoms with van der Waals surface area (Å²) >= 11 is 0. The summed E-state index contributed by atoms with van der Waals surface area (Å²) in [5.74, 6) is 0.880. The van der Waals surface area contributed by atoms with E-state index in [1.165, 1.54) is 32.1 Å². The molecule has 1 rings (SSSR count). The average Bonchev–Trinajstić information content (AvgIpc) is 2.34. The average molecular weight is 243 g/mol. The highest BCUT2D eigenvalue weighted by Crippen LogP contribution is 2.26. The smallest absolute Gasteiger partial charge is 0.0765 e. The molecule has 0 aromatic rings. The van der Waals surface area contributed by atoms with Crippen molar-refractivity contribution in [2.75, 3.05) is 20.3 Å². The minimum absolute atomic E-state index is 0.600. The van der Waals surface area contributed by atoms with E-state index in [1.54, 1.807) is 7.11 Å². The molecule has 0 spiro atoms. The van der Waals surface area contributed by atoms with Crippen LogP contribution in [0.3, 0.4) is 0 Å². The summed E-state index contributed by atoms with van der Waals surface area (Å²) in [6, 6.07) is 0.600. The van der Waals surface area contributed by atoms with E-state index < -0.39 is 5.60 Å². The van der Waals surface area contributed by atoms with Crippen LogP contribution < -0.4 is 5.32 Å². The van der Waals surface area contributed by atoms with Crippen LogP contribution in [0, 0.1) is 5.92 Å². The van der Waals surface area contributed by atoms with Crippen molar-refractivity contribution in [2.45, 2.75) is 64.0 Å². The van der Waals surface area contributed by atoms with Crippen molar-refractivity contribution in [2.24, 2.45) is 5.92 Å². The molecule has 2 N–H and O–H groups in total. The van der Waals surface area contributed by atoms with Crippen LogP contribution in [0.2, 0.25) is 0 Å². The molecule has 3 unspecified atom stereocenters. The molecule has 0 saturated heterocycles. The molecule has 3 nitrogen and oxygen atoms in total. The van der Waals surface area contributed by atoms with Gasteiger partial charge in [-0.25, -0.2) is 0 Å². The first kappa shape index (κ1) is 14.9. The van der Waals surface area contributed by atoms with Crippen molar-refractivity contribution in [3.8, 4) is 0 Å². The van der Waals surface area contributed by atoms with Gasteiger partial charge in [0.05, 0.1) is 5.60 Å². The Hall–Kier alpha value is -0.120. The lowest BCUT2D eigenvalue weighted by Crippen LogP contribution is -2.44. The van der Waals surface area contributed by atoms with Crippen molar-refractivity contribution in [1.82, 2.24) is 5.32 Å². The van der Waals surface area contributed by atoms with E-state index in [2.05, 4.69) is 12.2 Å². The molecule has 3 heteroatoms. The molecule has 3 atom stereocenters. The number of ether oxygens (including phenoxy) is 1. The lowest BCUT2D eigenvalue weighted by Gasteiger charge is -2.32. The molecule has 1 aliphatic rings. The summed E-state index contributed by atoms with van der Waals surface area (Å²) in [6.07, 6.45) is 7.23. The molecule has 0 amide bonds. The third kappa shape index (κ3) is 5.84. The second kappa shape index (κ2) is 7.34. The first-order chi connectivity index (χ1) is 8.07. The van der Waals surface area contributed by atoms with Crippen LogP contribution in [0.15, 0.2) is 0 Å². The summed E-state index contributed by atoms with van der Waals surface area (Å²) in [5, 5.41) is 13.7. The van der Waals surface area contributed by atoms with Crippen molar-refractivity contribution < 1.29 is 9.84 Å². The standard InChI is InChI=1S/C14H29NO2/c1-4-12-6-5-7-13(10-12)15-11-14(2,16)8-9-17-3/h12-13,15-16H,4-11H2,1-3H3. The zero-order chi connectivity index (χ0) is 12.7. The Morgan fingerprint density at radius 2 is 2.18 bits per heavy atom. The minimum atomic E-state index is -0.644. The Balaban J connectivity index is 2.24. The van der Waals surface area contributed by atoms with Gasteiger partial charge in [-0.3, -0.25) is 0 Å². The van der Waals surface area contributed by atoms with Gasteiger partial charge in [-0.1, -0.05) is 26.2 Å². The number of rotatable bonds is 7. The number of methoxy groups -OCH3 is 1.